The third-order valence-corrected chi connectivity index (χ3v) is 3.68. The number of likely N-dealkylation sites (tertiary alicyclic amines) is 1. The molecule has 3 nitrogen and oxygen atoms in total. The molecule has 1 N–H and O–H groups in total. The lowest BCUT2D eigenvalue weighted by atomic mass is 10.1. The molecule has 1 aliphatic heterocycles. The van der Waals surface area contributed by atoms with E-state index in [1.165, 1.54) is 18.9 Å². The van der Waals surface area contributed by atoms with E-state index in [4.69, 9.17) is 4.74 Å². The fourth-order valence-corrected chi connectivity index (χ4v) is 2.57. The number of hydrogen-bond acceptors (Lipinski definition) is 3. The minimum Gasteiger partial charge on any atom is -0.489 e. The Labute approximate surface area is 114 Å². The third-order valence-electron chi connectivity index (χ3n) is 3.68. The number of aliphatic hydroxyl groups excluding tert-OH is 1. The van der Waals surface area contributed by atoms with Crippen LogP contribution in [0.25, 0.3) is 0 Å². The van der Waals surface area contributed by atoms with Crippen LogP contribution in [0.1, 0.15) is 25.7 Å². The highest BCUT2D eigenvalue weighted by Crippen LogP contribution is 2.18. The molecule has 0 radical (unpaired) electrons. The summed E-state index contributed by atoms with van der Waals surface area (Å²) in [7, 11) is 0. The molecule has 1 unspecified atom stereocenters. The lowest BCUT2D eigenvalue weighted by molar-refractivity contribution is 0.107. The molecule has 4 heteroatoms. The van der Waals surface area contributed by atoms with Gasteiger partial charge in [0.1, 0.15) is 6.61 Å². The second kappa shape index (κ2) is 7.46. The summed E-state index contributed by atoms with van der Waals surface area (Å²) in [5.41, 5.74) is 0. The van der Waals surface area contributed by atoms with Gasteiger partial charge in [-0.1, -0.05) is 25.0 Å². The van der Waals surface area contributed by atoms with Crippen molar-refractivity contribution in [1.82, 2.24) is 4.90 Å². The summed E-state index contributed by atoms with van der Waals surface area (Å²) in [4.78, 5) is 2.26. The van der Waals surface area contributed by atoms with Gasteiger partial charge >= 0.3 is 0 Å². The van der Waals surface area contributed by atoms with Gasteiger partial charge in [0.05, 0.1) is 6.61 Å². The lowest BCUT2D eigenvalue weighted by Crippen LogP contribution is -2.40. The Kier molecular flexibility index (Phi) is 5.61. The number of para-hydroxylation sites is 1. The van der Waals surface area contributed by atoms with Crippen molar-refractivity contribution >= 4 is 0 Å². The van der Waals surface area contributed by atoms with Crippen LogP contribution in [0.4, 0.5) is 4.39 Å². The molecule has 0 spiro atoms. The lowest BCUT2D eigenvalue weighted by Gasteiger charge is -2.28. The monoisotopic (exact) mass is 267 g/mol. The Hall–Kier alpha value is -1.13. The quantitative estimate of drug-likeness (QED) is 0.889. The molecule has 1 heterocycles. The maximum absolute atomic E-state index is 13.4. The SMILES string of the molecule is OCC1CCCCCN1CCOc1ccccc1F. The van der Waals surface area contributed by atoms with Gasteiger partial charge in [0.2, 0.25) is 0 Å². The number of rotatable bonds is 5. The Morgan fingerprint density at radius 1 is 1.26 bits per heavy atom. The van der Waals surface area contributed by atoms with Gasteiger partial charge in [0.25, 0.3) is 0 Å². The van der Waals surface area contributed by atoms with Crippen molar-refractivity contribution in [3.63, 3.8) is 0 Å². The van der Waals surface area contributed by atoms with E-state index in [9.17, 15) is 9.50 Å². The molecule has 1 fully saturated rings. The van der Waals surface area contributed by atoms with Crippen molar-refractivity contribution in [2.75, 3.05) is 26.3 Å². The topological polar surface area (TPSA) is 32.7 Å². The zero-order chi connectivity index (χ0) is 13.5. The molecule has 1 saturated heterocycles. The normalized spacial score (nSPS) is 21.1. The van der Waals surface area contributed by atoms with Crippen LogP contribution in [-0.2, 0) is 0 Å². The van der Waals surface area contributed by atoms with E-state index < -0.39 is 0 Å². The fraction of sp³-hybridized carbons (Fsp3) is 0.600. The van der Waals surface area contributed by atoms with E-state index in [0.717, 1.165) is 25.9 Å². The Morgan fingerprint density at radius 3 is 2.89 bits per heavy atom. The van der Waals surface area contributed by atoms with Gasteiger partial charge in [-0.25, -0.2) is 4.39 Å². The highest BCUT2D eigenvalue weighted by Gasteiger charge is 2.19. The second-order valence-corrected chi connectivity index (χ2v) is 5.00. The number of benzene rings is 1. The summed E-state index contributed by atoms with van der Waals surface area (Å²) >= 11 is 0. The molecule has 1 aliphatic rings. The van der Waals surface area contributed by atoms with Crippen LogP contribution < -0.4 is 4.74 Å². The first-order valence-corrected chi connectivity index (χ1v) is 7.03. The molecule has 0 saturated carbocycles. The van der Waals surface area contributed by atoms with Gasteiger partial charge in [0, 0.05) is 12.6 Å². The van der Waals surface area contributed by atoms with Crippen molar-refractivity contribution < 1.29 is 14.2 Å². The predicted molar refractivity (Wildman–Crippen MR) is 72.8 cm³/mol. The van der Waals surface area contributed by atoms with Crippen LogP contribution in [0.15, 0.2) is 24.3 Å². The molecule has 19 heavy (non-hydrogen) atoms. The average molecular weight is 267 g/mol. The van der Waals surface area contributed by atoms with Gasteiger partial charge in [-0.3, -0.25) is 4.90 Å². The summed E-state index contributed by atoms with van der Waals surface area (Å²) < 4.78 is 18.9. The van der Waals surface area contributed by atoms with Crippen LogP contribution in [0, 0.1) is 5.82 Å². The van der Waals surface area contributed by atoms with Crippen LogP contribution >= 0.6 is 0 Å². The van der Waals surface area contributed by atoms with Gasteiger partial charge in [-0.15, -0.1) is 0 Å². The zero-order valence-electron chi connectivity index (χ0n) is 11.2. The molecule has 106 valence electrons. The first-order valence-electron chi connectivity index (χ1n) is 7.03. The van der Waals surface area contributed by atoms with Crippen molar-refractivity contribution in [1.29, 1.82) is 0 Å². The number of nitrogens with zero attached hydrogens (tertiary/aromatic N) is 1. The van der Waals surface area contributed by atoms with Gasteiger partial charge in [0.15, 0.2) is 11.6 Å². The maximum Gasteiger partial charge on any atom is 0.165 e. The highest BCUT2D eigenvalue weighted by atomic mass is 19.1. The standard InChI is InChI=1S/C15H22FNO2/c16-14-7-3-4-8-15(14)19-11-10-17-9-5-1-2-6-13(17)12-18/h3-4,7-8,13,18H,1-2,5-6,9-12H2. The van der Waals surface area contributed by atoms with Crippen molar-refractivity contribution in [3.8, 4) is 5.75 Å². The smallest absolute Gasteiger partial charge is 0.165 e. The van der Waals surface area contributed by atoms with Crippen molar-refractivity contribution in [3.05, 3.63) is 30.1 Å². The van der Waals surface area contributed by atoms with Crippen LogP contribution in [0.5, 0.6) is 5.75 Å². The molecule has 1 aromatic rings. The molecular formula is C15H22FNO2. The summed E-state index contributed by atoms with van der Waals surface area (Å²) in [6, 6.07) is 6.69. The molecule has 1 atom stereocenters. The molecular weight excluding hydrogens is 245 g/mol. The average Bonchev–Trinajstić information content (AvgIpc) is 2.66. The van der Waals surface area contributed by atoms with E-state index in [-0.39, 0.29) is 18.5 Å². The molecule has 0 amide bonds. The Morgan fingerprint density at radius 2 is 2.11 bits per heavy atom. The molecule has 0 bridgehead atoms. The third kappa shape index (κ3) is 4.18. The number of halogens is 1. The molecule has 0 aromatic heterocycles. The van der Waals surface area contributed by atoms with Crippen LogP contribution in [0.2, 0.25) is 0 Å². The van der Waals surface area contributed by atoms with Gasteiger partial charge < -0.3 is 9.84 Å². The molecule has 0 aliphatic carbocycles. The minimum absolute atomic E-state index is 0.194. The number of ether oxygens (including phenoxy) is 1. The summed E-state index contributed by atoms with van der Waals surface area (Å²) in [5.74, 6) is -0.0186. The van der Waals surface area contributed by atoms with Crippen LogP contribution in [0.3, 0.4) is 0 Å². The summed E-state index contributed by atoms with van der Waals surface area (Å²) in [5, 5.41) is 9.40. The molecule has 2 rings (SSSR count). The van der Waals surface area contributed by atoms with Crippen molar-refractivity contribution in [2.24, 2.45) is 0 Å². The summed E-state index contributed by atoms with van der Waals surface area (Å²) in [6.45, 7) is 2.38. The first kappa shape index (κ1) is 14.3. The number of aliphatic hydroxyl groups is 1. The zero-order valence-corrected chi connectivity index (χ0v) is 11.2. The highest BCUT2D eigenvalue weighted by molar-refractivity contribution is 5.23. The summed E-state index contributed by atoms with van der Waals surface area (Å²) in [6.07, 6.45) is 4.60. The van der Waals surface area contributed by atoms with E-state index in [0.29, 0.717) is 12.4 Å². The van der Waals surface area contributed by atoms with Gasteiger partial charge in [-0.2, -0.15) is 0 Å². The maximum atomic E-state index is 13.4. The van der Waals surface area contributed by atoms with E-state index in [2.05, 4.69) is 4.90 Å². The second-order valence-electron chi connectivity index (χ2n) is 5.00. The molecule has 1 aromatic carbocycles. The van der Waals surface area contributed by atoms with E-state index >= 15 is 0 Å². The number of hydrogen-bond donors (Lipinski definition) is 1. The fourth-order valence-electron chi connectivity index (χ4n) is 2.57. The Balaban J connectivity index is 1.82. The van der Waals surface area contributed by atoms with Crippen molar-refractivity contribution in [2.45, 2.75) is 31.7 Å². The van der Waals surface area contributed by atoms with Gasteiger partial charge in [-0.05, 0) is 31.5 Å². The largest absolute Gasteiger partial charge is 0.489 e. The Bertz CT molecular complexity index is 386. The minimum atomic E-state index is -0.322. The van der Waals surface area contributed by atoms with E-state index in [1.807, 2.05) is 0 Å². The predicted octanol–water partition coefficient (Wildman–Crippen LogP) is 2.44. The van der Waals surface area contributed by atoms with E-state index in [1.54, 1.807) is 18.2 Å². The van der Waals surface area contributed by atoms with Crippen LogP contribution in [-0.4, -0.2) is 42.4 Å². The first-order chi connectivity index (χ1) is 9.31.